The normalized spacial score (nSPS) is 11.2. The number of hydrogen-bond donors (Lipinski definition) is 1. The largest absolute Gasteiger partial charge is 0.487 e. The summed E-state index contributed by atoms with van der Waals surface area (Å²) in [6, 6.07) is 22.1. The topological polar surface area (TPSA) is 55.4 Å². The van der Waals surface area contributed by atoms with Gasteiger partial charge in [0.2, 0.25) is 0 Å². The van der Waals surface area contributed by atoms with Crippen molar-refractivity contribution >= 4 is 27.1 Å². The first-order chi connectivity index (χ1) is 12.9. The molecule has 0 aliphatic carbocycles. The zero-order valence-corrected chi connectivity index (χ0v) is 16.4. The van der Waals surface area contributed by atoms with Crippen LogP contribution in [0.15, 0.2) is 77.7 Å². The number of para-hydroxylation sites is 2. The van der Waals surface area contributed by atoms with Gasteiger partial charge < -0.3 is 10.1 Å². The van der Waals surface area contributed by atoms with Crippen LogP contribution in [-0.2, 0) is 23.0 Å². The molecule has 0 bridgehead atoms. The van der Waals surface area contributed by atoms with Gasteiger partial charge in [-0.2, -0.15) is 0 Å². The summed E-state index contributed by atoms with van der Waals surface area (Å²) in [5, 5.41) is 3.79. The van der Waals surface area contributed by atoms with Crippen LogP contribution in [0.4, 0.5) is 5.69 Å². The highest BCUT2D eigenvalue weighted by Gasteiger charge is 2.13. The Balaban J connectivity index is 1.75. The first-order valence-corrected chi connectivity index (χ1v) is 10.7. The Bertz CT molecular complexity index is 1030. The molecular weight excluding hydrogens is 382 g/mol. The average molecular weight is 402 g/mol. The monoisotopic (exact) mass is 401 g/mol. The van der Waals surface area contributed by atoms with Gasteiger partial charge in [0.15, 0.2) is 9.84 Å². The number of benzene rings is 3. The molecule has 0 fully saturated rings. The molecule has 6 heteroatoms. The highest BCUT2D eigenvalue weighted by molar-refractivity contribution is 7.90. The molecule has 0 atom stereocenters. The SMILES string of the molecule is CS(=O)(=O)c1ccccc1NCc1ccccc1COc1ccccc1Cl. The minimum Gasteiger partial charge on any atom is -0.487 e. The van der Waals surface area contributed by atoms with Gasteiger partial charge in [0.25, 0.3) is 0 Å². The minimum atomic E-state index is -3.30. The number of nitrogens with one attached hydrogen (secondary N) is 1. The third-order valence-electron chi connectivity index (χ3n) is 4.09. The van der Waals surface area contributed by atoms with Gasteiger partial charge in [-0.1, -0.05) is 60.1 Å². The molecular formula is C21H20ClNO3S. The van der Waals surface area contributed by atoms with Crippen molar-refractivity contribution < 1.29 is 13.2 Å². The molecule has 27 heavy (non-hydrogen) atoms. The fourth-order valence-electron chi connectivity index (χ4n) is 2.71. The fraction of sp³-hybridized carbons (Fsp3) is 0.143. The van der Waals surface area contributed by atoms with E-state index in [1.54, 1.807) is 24.3 Å². The van der Waals surface area contributed by atoms with Crippen LogP contribution < -0.4 is 10.1 Å². The van der Waals surface area contributed by atoms with E-state index in [4.69, 9.17) is 16.3 Å². The Morgan fingerprint density at radius 2 is 1.52 bits per heavy atom. The Morgan fingerprint density at radius 1 is 0.889 bits per heavy atom. The molecule has 1 N–H and O–H groups in total. The van der Waals surface area contributed by atoms with E-state index in [0.29, 0.717) is 29.6 Å². The molecule has 0 aromatic heterocycles. The van der Waals surface area contributed by atoms with Crippen molar-refractivity contribution in [2.24, 2.45) is 0 Å². The van der Waals surface area contributed by atoms with Crippen LogP contribution in [0.5, 0.6) is 5.75 Å². The third-order valence-corrected chi connectivity index (χ3v) is 5.56. The van der Waals surface area contributed by atoms with Crippen LogP contribution in [0.2, 0.25) is 5.02 Å². The van der Waals surface area contributed by atoms with Crippen molar-refractivity contribution in [3.8, 4) is 5.75 Å². The van der Waals surface area contributed by atoms with E-state index < -0.39 is 9.84 Å². The fourth-order valence-corrected chi connectivity index (χ4v) is 3.77. The number of halogens is 1. The first-order valence-electron chi connectivity index (χ1n) is 8.42. The molecule has 0 heterocycles. The van der Waals surface area contributed by atoms with Gasteiger partial charge >= 0.3 is 0 Å². The molecule has 0 spiro atoms. The molecule has 3 aromatic rings. The van der Waals surface area contributed by atoms with E-state index in [0.717, 1.165) is 11.1 Å². The lowest BCUT2D eigenvalue weighted by Crippen LogP contribution is -2.08. The second kappa shape index (κ2) is 8.46. The van der Waals surface area contributed by atoms with Gasteiger partial charge in [-0.3, -0.25) is 0 Å². The molecule has 0 radical (unpaired) electrons. The summed E-state index contributed by atoms with van der Waals surface area (Å²) < 4.78 is 29.7. The quantitative estimate of drug-likeness (QED) is 0.609. The second-order valence-electron chi connectivity index (χ2n) is 6.11. The summed E-state index contributed by atoms with van der Waals surface area (Å²) in [6.07, 6.45) is 1.21. The van der Waals surface area contributed by atoms with Gasteiger partial charge in [0.1, 0.15) is 12.4 Å². The second-order valence-corrected chi connectivity index (χ2v) is 8.50. The van der Waals surface area contributed by atoms with E-state index in [-0.39, 0.29) is 4.90 Å². The highest BCUT2D eigenvalue weighted by Crippen LogP contribution is 2.25. The van der Waals surface area contributed by atoms with Crippen molar-refractivity contribution in [1.82, 2.24) is 0 Å². The van der Waals surface area contributed by atoms with E-state index >= 15 is 0 Å². The van der Waals surface area contributed by atoms with Crippen LogP contribution >= 0.6 is 11.6 Å². The highest BCUT2D eigenvalue weighted by atomic mass is 35.5. The number of rotatable bonds is 7. The Kier molecular flexibility index (Phi) is 6.04. The number of ether oxygens (including phenoxy) is 1. The molecule has 0 aliphatic rings. The first kappa shape index (κ1) is 19.3. The maximum Gasteiger partial charge on any atom is 0.177 e. The van der Waals surface area contributed by atoms with E-state index in [2.05, 4.69) is 5.32 Å². The van der Waals surface area contributed by atoms with Gasteiger partial charge in [-0.15, -0.1) is 0 Å². The summed E-state index contributed by atoms with van der Waals surface area (Å²) in [5.41, 5.74) is 2.61. The summed E-state index contributed by atoms with van der Waals surface area (Å²) in [5.74, 6) is 0.629. The molecule has 0 aliphatic heterocycles. The zero-order chi connectivity index (χ0) is 19.3. The molecule has 0 saturated carbocycles. The molecule has 4 nitrogen and oxygen atoms in total. The molecule has 140 valence electrons. The lowest BCUT2D eigenvalue weighted by molar-refractivity contribution is 0.305. The molecule has 0 unspecified atom stereocenters. The Hall–Kier alpha value is -2.50. The van der Waals surface area contributed by atoms with Crippen molar-refractivity contribution in [1.29, 1.82) is 0 Å². The number of sulfone groups is 1. The summed E-state index contributed by atoms with van der Waals surface area (Å²) in [7, 11) is -3.30. The zero-order valence-electron chi connectivity index (χ0n) is 14.9. The predicted octanol–water partition coefficient (Wildman–Crippen LogP) is 4.93. The van der Waals surface area contributed by atoms with Gasteiger partial charge in [0, 0.05) is 12.8 Å². The number of hydrogen-bond acceptors (Lipinski definition) is 4. The predicted molar refractivity (Wildman–Crippen MR) is 109 cm³/mol. The van der Waals surface area contributed by atoms with Gasteiger partial charge in [-0.25, -0.2) is 8.42 Å². The van der Waals surface area contributed by atoms with Crippen molar-refractivity contribution in [2.75, 3.05) is 11.6 Å². The van der Waals surface area contributed by atoms with E-state index in [1.165, 1.54) is 6.26 Å². The third kappa shape index (κ3) is 5.02. The van der Waals surface area contributed by atoms with Crippen LogP contribution in [0.1, 0.15) is 11.1 Å². The molecule has 3 aromatic carbocycles. The summed E-state index contributed by atoms with van der Waals surface area (Å²) >= 11 is 6.14. The van der Waals surface area contributed by atoms with Crippen LogP contribution in [0, 0.1) is 0 Å². The van der Waals surface area contributed by atoms with Crippen molar-refractivity contribution in [3.05, 3.63) is 88.9 Å². The number of anilines is 1. The lowest BCUT2D eigenvalue weighted by atomic mass is 10.1. The molecule has 3 rings (SSSR count). The van der Waals surface area contributed by atoms with Crippen molar-refractivity contribution in [2.45, 2.75) is 18.0 Å². The molecule has 0 saturated heterocycles. The minimum absolute atomic E-state index is 0.287. The standard InChI is InChI=1S/C21H20ClNO3S/c1-27(24,25)21-13-7-5-11-19(21)23-14-16-8-2-3-9-17(16)15-26-20-12-6-4-10-18(20)22/h2-13,23H,14-15H2,1H3. The van der Waals surface area contributed by atoms with Crippen LogP contribution in [0.25, 0.3) is 0 Å². The maximum absolute atomic E-state index is 12.0. The Morgan fingerprint density at radius 3 is 2.26 bits per heavy atom. The lowest BCUT2D eigenvalue weighted by Gasteiger charge is -2.14. The summed E-state index contributed by atoms with van der Waals surface area (Å²) in [4.78, 5) is 0.287. The van der Waals surface area contributed by atoms with E-state index in [1.807, 2.05) is 48.5 Å². The van der Waals surface area contributed by atoms with Gasteiger partial charge in [-0.05, 0) is 35.4 Å². The van der Waals surface area contributed by atoms with Crippen molar-refractivity contribution in [3.63, 3.8) is 0 Å². The Labute approximate surface area is 164 Å². The average Bonchev–Trinajstić information content (AvgIpc) is 2.66. The summed E-state index contributed by atoms with van der Waals surface area (Å²) in [6.45, 7) is 0.851. The van der Waals surface area contributed by atoms with Gasteiger partial charge in [0.05, 0.1) is 15.6 Å². The smallest absolute Gasteiger partial charge is 0.177 e. The molecule has 0 amide bonds. The van der Waals surface area contributed by atoms with E-state index in [9.17, 15) is 8.42 Å². The van der Waals surface area contributed by atoms with Crippen LogP contribution in [-0.4, -0.2) is 14.7 Å². The van der Waals surface area contributed by atoms with Crippen LogP contribution in [0.3, 0.4) is 0 Å². The maximum atomic E-state index is 12.0.